The van der Waals surface area contributed by atoms with Crippen LogP contribution in [0.2, 0.25) is 0 Å². The minimum absolute atomic E-state index is 0.417. The van der Waals surface area contributed by atoms with E-state index in [2.05, 4.69) is 86.8 Å². The lowest BCUT2D eigenvalue weighted by molar-refractivity contribution is 0.384. The predicted molar refractivity (Wildman–Crippen MR) is 91.6 cm³/mol. The molecule has 0 saturated heterocycles. The summed E-state index contributed by atoms with van der Waals surface area (Å²) in [5.41, 5.74) is 2.77. The van der Waals surface area contributed by atoms with Crippen LogP contribution in [-0.4, -0.2) is 12.6 Å². The minimum atomic E-state index is 0.417. The van der Waals surface area contributed by atoms with Gasteiger partial charge in [-0.05, 0) is 23.5 Å². The molecule has 112 valence electrons. The Morgan fingerprint density at radius 2 is 1.29 bits per heavy atom. The van der Waals surface area contributed by atoms with E-state index in [0.29, 0.717) is 17.9 Å². The van der Waals surface area contributed by atoms with Gasteiger partial charge in [-0.1, -0.05) is 81.4 Å². The molecule has 1 N–H and O–H groups in total. The first-order valence-corrected chi connectivity index (χ1v) is 8.05. The fraction of sp³-hybridized carbons (Fsp3) is 0.400. The van der Waals surface area contributed by atoms with Gasteiger partial charge in [0.2, 0.25) is 0 Å². The number of rotatable bonds is 7. The highest BCUT2D eigenvalue weighted by molar-refractivity contribution is 5.32. The highest BCUT2D eigenvalue weighted by atomic mass is 14.9. The summed E-state index contributed by atoms with van der Waals surface area (Å²) < 4.78 is 0. The van der Waals surface area contributed by atoms with Gasteiger partial charge in [0, 0.05) is 18.5 Å². The molecular formula is C20H27N. The molecule has 0 aromatic heterocycles. The molecule has 0 aliphatic heterocycles. The predicted octanol–water partition coefficient (Wildman–Crippen LogP) is 4.84. The van der Waals surface area contributed by atoms with Gasteiger partial charge < -0.3 is 5.32 Å². The Balaban J connectivity index is 2.17. The van der Waals surface area contributed by atoms with Crippen LogP contribution in [0.3, 0.4) is 0 Å². The molecule has 1 atom stereocenters. The molecule has 0 spiro atoms. The van der Waals surface area contributed by atoms with Gasteiger partial charge in [-0.25, -0.2) is 0 Å². The van der Waals surface area contributed by atoms with Crippen LogP contribution in [0.5, 0.6) is 0 Å². The third kappa shape index (κ3) is 4.44. The lowest BCUT2D eigenvalue weighted by Crippen LogP contribution is -2.36. The van der Waals surface area contributed by atoms with Crippen LogP contribution < -0.4 is 5.32 Å². The van der Waals surface area contributed by atoms with Crippen LogP contribution in [0.25, 0.3) is 0 Å². The third-order valence-corrected chi connectivity index (χ3v) is 4.23. The van der Waals surface area contributed by atoms with Gasteiger partial charge in [0.15, 0.2) is 0 Å². The van der Waals surface area contributed by atoms with Gasteiger partial charge >= 0.3 is 0 Å². The molecule has 2 aromatic carbocycles. The first kappa shape index (κ1) is 15.8. The summed E-state index contributed by atoms with van der Waals surface area (Å²) in [6, 6.07) is 22.2. The smallest absolute Gasteiger partial charge is 0.0214 e. The monoisotopic (exact) mass is 281 g/mol. The van der Waals surface area contributed by atoms with E-state index in [0.717, 1.165) is 6.54 Å². The first-order valence-electron chi connectivity index (χ1n) is 8.05. The Labute approximate surface area is 129 Å². The number of hydrogen-bond acceptors (Lipinski definition) is 1. The Bertz CT molecular complexity index is 464. The zero-order valence-corrected chi connectivity index (χ0v) is 13.4. The molecule has 1 nitrogen and oxygen atoms in total. The standard InChI is InChI=1S/C20H27N/c1-4-20(16(2)3)21-15-19(17-11-7-5-8-12-17)18-13-9-6-10-14-18/h5-14,16,19-21H,4,15H2,1-3H3. The molecule has 21 heavy (non-hydrogen) atoms. The van der Waals surface area contributed by atoms with Crippen molar-refractivity contribution in [3.05, 3.63) is 71.8 Å². The van der Waals surface area contributed by atoms with E-state index in [1.807, 2.05) is 0 Å². The summed E-state index contributed by atoms with van der Waals surface area (Å²) in [6.07, 6.45) is 1.17. The van der Waals surface area contributed by atoms with Gasteiger partial charge in [-0.2, -0.15) is 0 Å². The van der Waals surface area contributed by atoms with Crippen LogP contribution in [-0.2, 0) is 0 Å². The fourth-order valence-corrected chi connectivity index (χ4v) is 2.92. The molecule has 0 saturated carbocycles. The van der Waals surface area contributed by atoms with Crippen molar-refractivity contribution in [2.45, 2.75) is 39.2 Å². The van der Waals surface area contributed by atoms with Crippen LogP contribution >= 0.6 is 0 Å². The van der Waals surface area contributed by atoms with Crippen LogP contribution in [0.15, 0.2) is 60.7 Å². The molecule has 0 aliphatic rings. The Morgan fingerprint density at radius 1 is 0.810 bits per heavy atom. The maximum Gasteiger partial charge on any atom is 0.0214 e. The van der Waals surface area contributed by atoms with E-state index in [-0.39, 0.29) is 0 Å². The van der Waals surface area contributed by atoms with E-state index in [1.54, 1.807) is 0 Å². The average molecular weight is 281 g/mol. The molecule has 1 unspecified atom stereocenters. The normalized spacial score (nSPS) is 12.8. The SMILES string of the molecule is CCC(NCC(c1ccccc1)c1ccccc1)C(C)C. The largest absolute Gasteiger partial charge is 0.313 e. The number of benzene rings is 2. The second-order valence-electron chi connectivity index (χ2n) is 6.04. The molecule has 2 aromatic rings. The van der Waals surface area contributed by atoms with Crippen molar-refractivity contribution >= 4 is 0 Å². The van der Waals surface area contributed by atoms with Crippen molar-refractivity contribution in [1.29, 1.82) is 0 Å². The summed E-state index contributed by atoms with van der Waals surface area (Å²) in [4.78, 5) is 0. The van der Waals surface area contributed by atoms with E-state index >= 15 is 0 Å². The zero-order valence-electron chi connectivity index (χ0n) is 13.4. The van der Waals surface area contributed by atoms with Crippen molar-refractivity contribution in [3.8, 4) is 0 Å². The molecular weight excluding hydrogens is 254 g/mol. The van der Waals surface area contributed by atoms with Gasteiger partial charge in [-0.15, -0.1) is 0 Å². The average Bonchev–Trinajstić information content (AvgIpc) is 2.53. The van der Waals surface area contributed by atoms with Crippen molar-refractivity contribution in [3.63, 3.8) is 0 Å². The number of nitrogens with one attached hydrogen (secondary N) is 1. The van der Waals surface area contributed by atoms with E-state index in [4.69, 9.17) is 0 Å². The van der Waals surface area contributed by atoms with Crippen molar-refractivity contribution in [1.82, 2.24) is 5.32 Å². The minimum Gasteiger partial charge on any atom is -0.313 e. The van der Waals surface area contributed by atoms with E-state index in [9.17, 15) is 0 Å². The molecule has 0 aliphatic carbocycles. The molecule has 0 fully saturated rings. The lowest BCUT2D eigenvalue weighted by Gasteiger charge is -2.25. The van der Waals surface area contributed by atoms with Crippen LogP contribution in [0, 0.1) is 5.92 Å². The molecule has 2 rings (SSSR count). The Kier molecular flexibility index (Phi) is 6.01. The van der Waals surface area contributed by atoms with E-state index in [1.165, 1.54) is 17.5 Å². The quantitative estimate of drug-likeness (QED) is 0.765. The summed E-state index contributed by atoms with van der Waals surface area (Å²) in [6.45, 7) is 7.84. The van der Waals surface area contributed by atoms with Gasteiger partial charge in [-0.3, -0.25) is 0 Å². The molecule has 0 amide bonds. The van der Waals surface area contributed by atoms with Crippen molar-refractivity contribution in [2.24, 2.45) is 5.92 Å². The fourth-order valence-electron chi connectivity index (χ4n) is 2.92. The first-order chi connectivity index (χ1) is 10.2. The Hall–Kier alpha value is -1.60. The second kappa shape index (κ2) is 7.99. The number of hydrogen-bond donors (Lipinski definition) is 1. The highest BCUT2D eigenvalue weighted by Crippen LogP contribution is 2.24. The topological polar surface area (TPSA) is 12.0 Å². The van der Waals surface area contributed by atoms with Crippen LogP contribution in [0.4, 0.5) is 0 Å². The zero-order chi connectivity index (χ0) is 15.1. The highest BCUT2D eigenvalue weighted by Gasteiger charge is 2.17. The molecule has 1 heteroatoms. The molecule has 0 radical (unpaired) electrons. The maximum absolute atomic E-state index is 3.77. The summed E-state index contributed by atoms with van der Waals surface area (Å²) >= 11 is 0. The summed E-state index contributed by atoms with van der Waals surface area (Å²) in [7, 11) is 0. The Morgan fingerprint density at radius 3 is 1.67 bits per heavy atom. The summed E-state index contributed by atoms with van der Waals surface area (Å²) in [5, 5.41) is 3.77. The maximum atomic E-state index is 3.77. The summed E-state index contributed by atoms with van der Waals surface area (Å²) in [5.74, 6) is 1.09. The second-order valence-corrected chi connectivity index (χ2v) is 6.04. The van der Waals surface area contributed by atoms with Crippen LogP contribution in [0.1, 0.15) is 44.2 Å². The molecule has 0 heterocycles. The lowest BCUT2D eigenvalue weighted by atomic mass is 9.90. The molecule has 0 bridgehead atoms. The van der Waals surface area contributed by atoms with Gasteiger partial charge in [0.25, 0.3) is 0 Å². The van der Waals surface area contributed by atoms with Crippen molar-refractivity contribution in [2.75, 3.05) is 6.54 Å². The van der Waals surface area contributed by atoms with Crippen molar-refractivity contribution < 1.29 is 0 Å². The van der Waals surface area contributed by atoms with Gasteiger partial charge in [0.1, 0.15) is 0 Å². The van der Waals surface area contributed by atoms with E-state index < -0.39 is 0 Å². The third-order valence-electron chi connectivity index (χ3n) is 4.23. The van der Waals surface area contributed by atoms with Gasteiger partial charge in [0.05, 0.1) is 0 Å².